The van der Waals surface area contributed by atoms with Crippen molar-refractivity contribution in [2.45, 2.75) is 25.7 Å². The maximum atomic E-state index is 13.1. The normalized spacial score (nSPS) is 15.4. The molecule has 1 aliphatic carbocycles. The van der Waals surface area contributed by atoms with Crippen LogP contribution in [0.4, 0.5) is 0 Å². The summed E-state index contributed by atoms with van der Waals surface area (Å²) in [5, 5.41) is 0.737. The molecule has 0 unspecified atom stereocenters. The lowest BCUT2D eigenvalue weighted by Gasteiger charge is -2.21. The Hall–Kier alpha value is -3.54. The summed E-state index contributed by atoms with van der Waals surface area (Å²) >= 11 is 0. The number of esters is 1. The van der Waals surface area contributed by atoms with Crippen molar-refractivity contribution >= 4 is 28.7 Å². The van der Waals surface area contributed by atoms with E-state index in [0.29, 0.717) is 16.7 Å². The van der Waals surface area contributed by atoms with Gasteiger partial charge in [0, 0.05) is 11.1 Å². The Balaban J connectivity index is 1.46. The summed E-state index contributed by atoms with van der Waals surface area (Å²) in [6.07, 6.45) is 3.64. The topological polar surface area (TPSA) is 76.6 Å². The van der Waals surface area contributed by atoms with Crippen molar-refractivity contribution in [3.8, 4) is 0 Å². The SMILES string of the molecule is O=C(OCN1C(=O)c2ccccc2C1=O)c1c2c(nc3ccccc13)CCCC2. The van der Waals surface area contributed by atoms with Crippen LogP contribution in [0, 0.1) is 0 Å². The minimum absolute atomic E-state index is 0.334. The molecule has 0 atom stereocenters. The fourth-order valence-electron chi connectivity index (χ4n) is 4.16. The van der Waals surface area contributed by atoms with Crippen molar-refractivity contribution in [1.82, 2.24) is 9.88 Å². The number of pyridine rings is 1. The van der Waals surface area contributed by atoms with Crippen LogP contribution in [0.15, 0.2) is 48.5 Å². The summed E-state index contributed by atoms with van der Waals surface area (Å²) in [5.41, 5.74) is 3.77. The maximum absolute atomic E-state index is 13.1. The first kappa shape index (κ1) is 17.6. The number of rotatable bonds is 3. The summed E-state index contributed by atoms with van der Waals surface area (Å²) in [6, 6.07) is 14.1. The van der Waals surface area contributed by atoms with Crippen molar-refractivity contribution in [3.05, 3.63) is 76.5 Å². The molecule has 0 spiro atoms. The van der Waals surface area contributed by atoms with Gasteiger partial charge in [-0.15, -0.1) is 0 Å². The van der Waals surface area contributed by atoms with Crippen molar-refractivity contribution in [3.63, 3.8) is 0 Å². The van der Waals surface area contributed by atoms with E-state index in [1.165, 1.54) is 0 Å². The fourth-order valence-corrected chi connectivity index (χ4v) is 4.16. The third-order valence-corrected chi connectivity index (χ3v) is 5.58. The molecular weight excluding hydrogens is 368 g/mol. The number of amides is 2. The Morgan fingerprint density at radius 2 is 1.59 bits per heavy atom. The quantitative estimate of drug-likeness (QED) is 0.508. The molecule has 2 heterocycles. The molecule has 3 aromatic rings. The molecule has 0 fully saturated rings. The molecule has 0 saturated heterocycles. The van der Waals surface area contributed by atoms with Crippen molar-refractivity contribution in [2.24, 2.45) is 0 Å². The van der Waals surface area contributed by atoms with Gasteiger partial charge in [-0.2, -0.15) is 0 Å². The number of hydrogen-bond donors (Lipinski definition) is 0. The van der Waals surface area contributed by atoms with Crippen LogP contribution < -0.4 is 0 Å². The predicted octanol–water partition coefficient (Wildman–Crippen LogP) is 3.52. The highest BCUT2D eigenvalue weighted by molar-refractivity contribution is 6.21. The number of ether oxygens (including phenoxy) is 1. The number of imide groups is 1. The molecule has 29 heavy (non-hydrogen) atoms. The van der Waals surface area contributed by atoms with Gasteiger partial charge in [0.25, 0.3) is 11.8 Å². The zero-order chi connectivity index (χ0) is 20.0. The Labute approximate surface area is 167 Å². The maximum Gasteiger partial charge on any atom is 0.340 e. The second-order valence-electron chi connectivity index (χ2n) is 7.28. The lowest BCUT2D eigenvalue weighted by atomic mass is 9.90. The number of carbonyl (C=O) groups is 3. The van der Waals surface area contributed by atoms with Crippen molar-refractivity contribution < 1.29 is 19.1 Å². The Bertz CT molecular complexity index is 1150. The summed E-state index contributed by atoms with van der Waals surface area (Å²) < 4.78 is 5.48. The fraction of sp³-hybridized carbons (Fsp3) is 0.217. The molecule has 0 bridgehead atoms. The Morgan fingerprint density at radius 1 is 0.931 bits per heavy atom. The van der Waals surface area contributed by atoms with E-state index in [0.717, 1.165) is 52.7 Å². The molecule has 2 aliphatic rings. The third-order valence-electron chi connectivity index (χ3n) is 5.58. The number of carbonyl (C=O) groups excluding carboxylic acids is 3. The molecule has 1 aliphatic heterocycles. The van der Waals surface area contributed by atoms with Crippen LogP contribution in [0.1, 0.15) is 55.2 Å². The number of para-hydroxylation sites is 1. The van der Waals surface area contributed by atoms with Crippen molar-refractivity contribution in [2.75, 3.05) is 6.73 Å². The van der Waals surface area contributed by atoms with Gasteiger partial charge in [0.1, 0.15) is 0 Å². The summed E-state index contributed by atoms with van der Waals surface area (Å²) in [6.45, 7) is -0.406. The Kier molecular flexibility index (Phi) is 4.12. The van der Waals surface area contributed by atoms with Crippen LogP contribution in [0.3, 0.4) is 0 Å². The highest BCUT2D eigenvalue weighted by Crippen LogP contribution is 2.30. The van der Waals surface area contributed by atoms with Gasteiger partial charge in [0.15, 0.2) is 6.73 Å². The molecule has 6 nitrogen and oxygen atoms in total. The van der Waals surface area contributed by atoms with Gasteiger partial charge in [0.05, 0.1) is 22.2 Å². The predicted molar refractivity (Wildman–Crippen MR) is 106 cm³/mol. The number of benzene rings is 2. The van der Waals surface area contributed by atoms with Crippen molar-refractivity contribution in [1.29, 1.82) is 0 Å². The lowest BCUT2D eigenvalue weighted by Crippen LogP contribution is -2.33. The van der Waals surface area contributed by atoms with E-state index in [-0.39, 0.29) is 0 Å². The minimum atomic E-state index is -0.529. The van der Waals surface area contributed by atoms with Crippen LogP contribution in [-0.4, -0.2) is 34.4 Å². The highest BCUT2D eigenvalue weighted by atomic mass is 16.5. The van der Waals surface area contributed by atoms with Crippen LogP contribution in [0.25, 0.3) is 10.9 Å². The number of aromatic nitrogens is 1. The molecular formula is C23H18N2O4. The number of fused-ring (bicyclic) bond motifs is 3. The van der Waals surface area contributed by atoms with Gasteiger partial charge in [-0.3, -0.25) is 14.6 Å². The monoisotopic (exact) mass is 386 g/mol. The summed E-state index contributed by atoms with van der Waals surface area (Å²) in [4.78, 5) is 43.8. The molecule has 144 valence electrons. The first-order valence-corrected chi connectivity index (χ1v) is 9.68. The summed E-state index contributed by atoms with van der Waals surface area (Å²) in [7, 11) is 0. The number of nitrogens with zero attached hydrogens (tertiary/aromatic N) is 2. The van der Waals surface area contributed by atoms with Gasteiger partial charge < -0.3 is 4.74 Å². The van der Waals surface area contributed by atoms with E-state index >= 15 is 0 Å². The van der Waals surface area contributed by atoms with E-state index in [4.69, 9.17) is 9.72 Å². The molecule has 0 saturated carbocycles. The number of hydrogen-bond acceptors (Lipinski definition) is 5. The van der Waals surface area contributed by atoms with Crippen LogP contribution >= 0.6 is 0 Å². The largest absolute Gasteiger partial charge is 0.440 e. The summed E-state index contributed by atoms with van der Waals surface area (Å²) in [5.74, 6) is -1.42. The van der Waals surface area contributed by atoms with Gasteiger partial charge in [-0.25, -0.2) is 9.69 Å². The smallest absolute Gasteiger partial charge is 0.340 e. The second-order valence-corrected chi connectivity index (χ2v) is 7.28. The standard InChI is InChI=1S/C23H18N2O4/c26-21-14-7-1-2-8-15(14)22(27)25(21)13-29-23(28)20-16-9-3-5-11-18(16)24-19-12-6-4-10-17(19)20/h1-3,5,7-9,11H,4,6,10,12-13H2. The molecule has 1 aromatic heterocycles. The molecule has 2 aromatic carbocycles. The molecule has 0 radical (unpaired) electrons. The van der Waals surface area contributed by atoms with E-state index in [9.17, 15) is 14.4 Å². The molecule has 6 heteroatoms. The first-order chi connectivity index (χ1) is 14.1. The van der Waals surface area contributed by atoms with E-state index in [1.54, 1.807) is 24.3 Å². The van der Waals surface area contributed by atoms with Crippen LogP contribution in [0.2, 0.25) is 0 Å². The van der Waals surface area contributed by atoms with Gasteiger partial charge in [-0.1, -0.05) is 30.3 Å². The van der Waals surface area contributed by atoms with Gasteiger partial charge >= 0.3 is 5.97 Å². The van der Waals surface area contributed by atoms with Crippen LogP contribution in [0.5, 0.6) is 0 Å². The number of aryl methyl sites for hydroxylation is 1. The molecule has 2 amide bonds. The van der Waals surface area contributed by atoms with E-state index in [2.05, 4.69) is 0 Å². The molecule has 0 N–H and O–H groups in total. The second kappa shape index (κ2) is 6.81. The average Bonchev–Trinajstić information content (AvgIpc) is 3.00. The lowest BCUT2D eigenvalue weighted by molar-refractivity contribution is 0.0228. The van der Waals surface area contributed by atoms with E-state index in [1.807, 2.05) is 24.3 Å². The van der Waals surface area contributed by atoms with Crippen LogP contribution in [-0.2, 0) is 17.6 Å². The Morgan fingerprint density at radius 3 is 2.34 bits per heavy atom. The minimum Gasteiger partial charge on any atom is -0.440 e. The zero-order valence-electron chi connectivity index (χ0n) is 15.7. The highest BCUT2D eigenvalue weighted by Gasteiger charge is 2.36. The average molecular weight is 386 g/mol. The zero-order valence-corrected chi connectivity index (χ0v) is 15.7. The van der Waals surface area contributed by atoms with Gasteiger partial charge in [0.2, 0.25) is 0 Å². The van der Waals surface area contributed by atoms with E-state index < -0.39 is 24.5 Å². The van der Waals surface area contributed by atoms with Gasteiger partial charge in [-0.05, 0) is 49.4 Å². The molecule has 5 rings (SSSR count). The third kappa shape index (κ3) is 2.79. The first-order valence-electron chi connectivity index (χ1n) is 9.68.